The van der Waals surface area contributed by atoms with Crippen LogP contribution >= 0.6 is 23.4 Å². The molecule has 0 aliphatic heterocycles. The number of ether oxygens (including phenoxy) is 2. The van der Waals surface area contributed by atoms with Gasteiger partial charge in [0.15, 0.2) is 11.5 Å². The molecule has 1 N–H and O–H groups in total. The van der Waals surface area contributed by atoms with E-state index in [9.17, 15) is 0 Å². The highest BCUT2D eigenvalue weighted by Gasteiger charge is 2.13. The average Bonchev–Trinajstić information content (AvgIpc) is 3.21. The van der Waals surface area contributed by atoms with E-state index in [1.165, 1.54) is 0 Å². The Bertz CT molecular complexity index is 907. The molecule has 0 radical (unpaired) electrons. The van der Waals surface area contributed by atoms with E-state index in [-0.39, 0.29) is 0 Å². The fraction of sp³-hybridized carbons (Fsp3) is 0.350. The average molecular weight is 434 g/mol. The summed E-state index contributed by atoms with van der Waals surface area (Å²) in [6, 6.07) is 13.5. The molecule has 0 atom stereocenters. The van der Waals surface area contributed by atoms with Gasteiger partial charge in [0.1, 0.15) is 0 Å². The number of thioether (sulfide) groups is 1. The summed E-state index contributed by atoms with van der Waals surface area (Å²) in [6.07, 6.45) is 0.922. The maximum absolute atomic E-state index is 6.23. The molecule has 9 heteroatoms. The molecule has 0 aliphatic carbocycles. The third-order valence-corrected chi connectivity index (χ3v) is 5.17. The van der Waals surface area contributed by atoms with Gasteiger partial charge in [0.05, 0.1) is 19.4 Å². The monoisotopic (exact) mass is 433 g/mol. The lowest BCUT2D eigenvalue weighted by atomic mass is 10.2. The molecule has 0 spiro atoms. The van der Waals surface area contributed by atoms with E-state index in [1.807, 2.05) is 36.4 Å². The Kier molecular flexibility index (Phi) is 8.15. The molecule has 0 amide bonds. The smallest absolute Gasteiger partial charge is 0.214 e. The van der Waals surface area contributed by atoms with Crippen molar-refractivity contribution in [1.29, 1.82) is 0 Å². The molecular weight excluding hydrogens is 410 g/mol. The van der Waals surface area contributed by atoms with Crippen molar-refractivity contribution in [3.63, 3.8) is 0 Å². The molecule has 29 heavy (non-hydrogen) atoms. The van der Waals surface area contributed by atoms with Crippen LogP contribution in [0.15, 0.2) is 47.6 Å². The van der Waals surface area contributed by atoms with Crippen LogP contribution in [0, 0.1) is 0 Å². The van der Waals surface area contributed by atoms with Crippen molar-refractivity contribution in [2.24, 2.45) is 0 Å². The van der Waals surface area contributed by atoms with Gasteiger partial charge in [-0.05, 0) is 35.0 Å². The van der Waals surface area contributed by atoms with Gasteiger partial charge >= 0.3 is 0 Å². The Morgan fingerprint density at radius 2 is 2.03 bits per heavy atom. The molecule has 0 bridgehead atoms. The highest BCUT2D eigenvalue weighted by atomic mass is 35.5. The number of benzene rings is 2. The zero-order valence-corrected chi connectivity index (χ0v) is 18.0. The minimum atomic E-state index is 0.624. The van der Waals surface area contributed by atoms with Gasteiger partial charge in [0.25, 0.3) is 0 Å². The number of para-hydroxylation sites is 1. The summed E-state index contributed by atoms with van der Waals surface area (Å²) in [7, 11) is 1.62. The summed E-state index contributed by atoms with van der Waals surface area (Å²) in [5, 5.41) is 16.8. The standard InChI is InChI=1S/C20H24ClN5O2S/c1-3-10-28-19-15(12-16(21)13-18(19)27-2)14-22-9-11-29-20-23-24-25-26(20)17-7-5-4-6-8-17/h4-8,12-13,22H,3,9-11,14H2,1-2H3. The van der Waals surface area contributed by atoms with Crippen LogP contribution in [0.2, 0.25) is 5.02 Å². The van der Waals surface area contributed by atoms with Crippen LogP contribution in [-0.2, 0) is 6.54 Å². The maximum atomic E-state index is 6.23. The number of hydrogen-bond donors (Lipinski definition) is 1. The van der Waals surface area contributed by atoms with Crippen LogP contribution in [0.3, 0.4) is 0 Å². The predicted octanol–water partition coefficient (Wildman–Crippen LogP) is 4.00. The second-order valence-corrected chi connectivity index (χ2v) is 7.68. The summed E-state index contributed by atoms with van der Waals surface area (Å²) in [4.78, 5) is 0. The van der Waals surface area contributed by atoms with E-state index in [0.29, 0.717) is 23.9 Å². The first-order chi connectivity index (χ1) is 14.2. The maximum Gasteiger partial charge on any atom is 0.214 e. The van der Waals surface area contributed by atoms with E-state index in [4.69, 9.17) is 21.1 Å². The number of hydrogen-bond acceptors (Lipinski definition) is 7. The van der Waals surface area contributed by atoms with Crippen molar-refractivity contribution in [3.05, 3.63) is 53.1 Å². The number of aromatic nitrogens is 4. The Labute approximate surface area is 179 Å². The molecule has 1 aromatic heterocycles. The van der Waals surface area contributed by atoms with E-state index in [1.54, 1.807) is 29.6 Å². The number of rotatable bonds is 11. The van der Waals surface area contributed by atoms with Gasteiger partial charge in [-0.3, -0.25) is 0 Å². The number of nitrogens with zero attached hydrogens (tertiary/aromatic N) is 4. The van der Waals surface area contributed by atoms with Crippen molar-refractivity contribution in [2.75, 3.05) is 26.0 Å². The molecule has 0 saturated heterocycles. The molecule has 2 aromatic carbocycles. The Hall–Kier alpha value is -2.29. The van der Waals surface area contributed by atoms with Gasteiger partial charge in [-0.2, -0.15) is 4.68 Å². The molecule has 7 nitrogen and oxygen atoms in total. The van der Waals surface area contributed by atoms with Gasteiger partial charge in [0, 0.05) is 35.5 Å². The summed E-state index contributed by atoms with van der Waals surface area (Å²) in [6.45, 7) is 4.10. The minimum Gasteiger partial charge on any atom is -0.493 e. The molecule has 154 valence electrons. The number of halogens is 1. The summed E-state index contributed by atoms with van der Waals surface area (Å²) >= 11 is 7.82. The first-order valence-corrected chi connectivity index (χ1v) is 10.8. The Balaban J connectivity index is 1.55. The van der Waals surface area contributed by atoms with Gasteiger partial charge in [-0.1, -0.05) is 48.5 Å². The van der Waals surface area contributed by atoms with Crippen LogP contribution in [0.1, 0.15) is 18.9 Å². The molecule has 3 rings (SSSR count). The number of tetrazole rings is 1. The van der Waals surface area contributed by atoms with Crippen molar-refractivity contribution in [3.8, 4) is 17.2 Å². The topological polar surface area (TPSA) is 74.1 Å². The zero-order valence-electron chi connectivity index (χ0n) is 16.5. The normalized spacial score (nSPS) is 10.9. The molecule has 1 heterocycles. The second kappa shape index (κ2) is 11.0. The van der Waals surface area contributed by atoms with Crippen molar-refractivity contribution in [2.45, 2.75) is 25.0 Å². The Morgan fingerprint density at radius 1 is 1.21 bits per heavy atom. The summed E-state index contributed by atoms with van der Waals surface area (Å²) in [5.41, 5.74) is 1.92. The van der Waals surface area contributed by atoms with Crippen molar-refractivity contribution < 1.29 is 9.47 Å². The molecule has 0 unspecified atom stereocenters. The first kappa shape index (κ1) is 21.4. The van der Waals surface area contributed by atoms with Crippen LogP contribution in [-0.4, -0.2) is 46.2 Å². The fourth-order valence-electron chi connectivity index (χ4n) is 2.71. The van der Waals surface area contributed by atoms with Gasteiger partial charge in [-0.25, -0.2) is 0 Å². The van der Waals surface area contributed by atoms with Crippen molar-refractivity contribution in [1.82, 2.24) is 25.5 Å². The Morgan fingerprint density at radius 3 is 2.79 bits per heavy atom. The van der Waals surface area contributed by atoms with Gasteiger partial charge in [0.2, 0.25) is 5.16 Å². The molecule has 0 saturated carbocycles. The first-order valence-electron chi connectivity index (χ1n) is 9.39. The number of methoxy groups -OCH3 is 1. The fourth-order valence-corrected chi connectivity index (χ4v) is 3.73. The lowest BCUT2D eigenvalue weighted by Gasteiger charge is -2.16. The van der Waals surface area contributed by atoms with Crippen molar-refractivity contribution >= 4 is 23.4 Å². The minimum absolute atomic E-state index is 0.624. The zero-order chi connectivity index (χ0) is 20.5. The van der Waals surface area contributed by atoms with E-state index in [0.717, 1.165) is 40.9 Å². The van der Waals surface area contributed by atoms with Crippen LogP contribution in [0.4, 0.5) is 0 Å². The van der Waals surface area contributed by atoms with Crippen LogP contribution in [0.5, 0.6) is 11.5 Å². The summed E-state index contributed by atoms with van der Waals surface area (Å²) in [5.74, 6) is 2.21. The number of nitrogens with one attached hydrogen (secondary N) is 1. The highest BCUT2D eigenvalue weighted by Crippen LogP contribution is 2.34. The SMILES string of the molecule is CCCOc1c(CNCCSc2nnnn2-c2ccccc2)cc(Cl)cc1OC. The van der Waals surface area contributed by atoms with Crippen LogP contribution in [0.25, 0.3) is 5.69 Å². The van der Waals surface area contributed by atoms with Gasteiger partial charge in [-0.15, -0.1) is 5.10 Å². The third-order valence-electron chi connectivity index (χ3n) is 4.03. The largest absolute Gasteiger partial charge is 0.493 e. The quantitative estimate of drug-likeness (QED) is 0.362. The highest BCUT2D eigenvalue weighted by molar-refractivity contribution is 7.99. The van der Waals surface area contributed by atoms with E-state index < -0.39 is 0 Å². The second-order valence-electron chi connectivity index (χ2n) is 6.18. The lowest BCUT2D eigenvalue weighted by Crippen LogP contribution is -2.18. The molecular formula is C20H24ClN5O2S. The van der Waals surface area contributed by atoms with Crippen LogP contribution < -0.4 is 14.8 Å². The lowest BCUT2D eigenvalue weighted by molar-refractivity contribution is 0.290. The third kappa shape index (κ3) is 5.85. The molecule has 3 aromatic rings. The molecule has 0 aliphatic rings. The van der Waals surface area contributed by atoms with E-state index in [2.05, 4.69) is 27.8 Å². The van der Waals surface area contributed by atoms with Gasteiger partial charge < -0.3 is 14.8 Å². The van der Waals surface area contributed by atoms with E-state index >= 15 is 0 Å². The predicted molar refractivity (Wildman–Crippen MR) is 115 cm³/mol. The molecule has 0 fully saturated rings. The summed E-state index contributed by atoms with van der Waals surface area (Å²) < 4.78 is 13.1.